The second-order valence-electron chi connectivity index (χ2n) is 10.4. The van der Waals surface area contributed by atoms with Crippen LogP contribution in [0.2, 0.25) is 5.15 Å². The molecule has 0 saturated carbocycles. The number of nitrogens with zero attached hydrogens (tertiary/aromatic N) is 6. The number of benzene rings is 1. The minimum atomic E-state index is 0.466. The standard InChI is InChI=1S/C23H22ClN5.C6H10N2O2.C3H6/c1-28-12-10-17(14-28)15-4-7-18(8-5-15)29-20(19-3-2-11-26-22(19)25)13-16-6-9-21(24)27-23(16)29;9-5-7-1-2-8(6-10)4-3-7;1-3-2/h2-9,11,13,17H,10,12,14H2,1H3,(H2,25,26);5-6H,1-4H2;3H,1H2,2H3. The zero-order valence-corrected chi connectivity index (χ0v) is 25.0. The van der Waals surface area contributed by atoms with Crippen LogP contribution in [0.5, 0.6) is 0 Å². The van der Waals surface area contributed by atoms with Gasteiger partial charge in [-0.05, 0) is 80.9 Å². The number of halogens is 1. The van der Waals surface area contributed by atoms with Gasteiger partial charge < -0.3 is 20.4 Å². The molecule has 5 heterocycles. The SMILES string of the molecule is C=CC.CN1CCC(c2ccc(-n3c(-c4cccnc4N)cc4ccc(Cl)nc43)cc2)C1.O=CN1CCN(C=O)CC1. The monoisotopic (exact) mass is 587 g/mol. The molecule has 2 fully saturated rings. The minimum Gasteiger partial charge on any atom is -0.383 e. The minimum absolute atomic E-state index is 0.466. The molecule has 0 radical (unpaired) electrons. The number of piperazine rings is 1. The number of hydrogen-bond donors (Lipinski definition) is 1. The summed E-state index contributed by atoms with van der Waals surface area (Å²) in [6.07, 6.45) is 6.30. The van der Waals surface area contributed by atoms with Crippen molar-refractivity contribution in [3.8, 4) is 16.9 Å². The molecule has 2 saturated heterocycles. The summed E-state index contributed by atoms with van der Waals surface area (Å²) < 4.78 is 2.11. The summed E-state index contributed by atoms with van der Waals surface area (Å²) in [6.45, 7) is 10.2. The van der Waals surface area contributed by atoms with Gasteiger partial charge >= 0.3 is 0 Å². The van der Waals surface area contributed by atoms with Gasteiger partial charge in [0.15, 0.2) is 0 Å². The summed E-state index contributed by atoms with van der Waals surface area (Å²) in [5, 5.41) is 1.47. The summed E-state index contributed by atoms with van der Waals surface area (Å²) >= 11 is 6.22. The summed E-state index contributed by atoms with van der Waals surface area (Å²) in [5.74, 6) is 1.09. The number of likely N-dealkylation sites (tertiary alicyclic amines) is 1. The summed E-state index contributed by atoms with van der Waals surface area (Å²) in [7, 11) is 2.18. The number of nitrogens with two attached hydrogens (primary N) is 1. The van der Waals surface area contributed by atoms with Crippen LogP contribution in [0, 0.1) is 0 Å². The molecule has 1 unspecified atom stereocenters. The normalized spacial score (nSPS) is 16.7. The van der Waals surface area contributed by atoms with Gasteiger partial charge in [-0.2, -0.15) is 0 Å². The molecule has 220 valence electrons. The number of pyridine rings is 2. The third-order valence-electron chi connectivity index (χ3n) is 7.39. The van der Waals surface area contributed by atoms with Crippen molar-refractivity contribution in [3.63, 3.8) is 0 Å². The van der Waals surface area contributed by atoms with E-state index in [0.29, 0.717) is 43.1 Å². The Morgan fingerprint density at radius 3 is 2.17 bits per heavy atom. The average molecular weight is 588 g/mol. The fourth-order valence-electron chi connectivity index (χ4n) is 5.20. The van der Waals surface area contributed by atoms with Crippen LogP contribution in [0.4, 0.5) is 5.82 Å². The van der Waals surface area contributed by atoms with E-state index in [1.807, 2.05) is 31.2 Å². The lowest BCUT2D eigenvalue weighted by molar-refractivity contribution is -0.125. The van der Waals surface area contributed by atoms with E-state index in [2.05, 4.69) is 63.4 Å². The molecule has 4 aromatic rings. The van der Waals surface area contributed by atoms with Crippen molar-refractivity contribution in [2.24, 2.45) is 0 Å². The number of allylic oxidation sites excluding steroid dienone is 1. The number of likely N-dealkylation sites (N-methyl/N-ethyl adjacent to an activating group) is 1. The predicted octanol–water partition coefficient (Wildman–Crippen LogP) is 4.85. The Kier molecular flexibility index (Phi) is 10.7. The van der Waals surface area contributed by atoms with Gasteiger partial charge in [0.2, 0.25) is 12.8 Å². The zero-order valence-electron chi connectivity index (χ0n) is 24.2. The molecule has 0 spiro atoms. The first-order chi connectivity index (χ1) is 20.4. The Hall–Kier alpha value is -4.21. The Morgan fingerprint density at radius 1 is 0.976 bits per heavy atom. The number of rotatable bonds is 5. The Labute approximate surface area is 252 Å². The van der Waals surface area contributed by atoms with Crippen LogP contribution in [0.15, 0.2) is 73.4 Å². The van der Waals surface area contributed by atoms with Gasteiger partial charge in [-0.25, -0.2) is 9.97 Å². The molecule has 42 heavy (non-hydrogen) atoms. The van der Waals surface area contributed by atoms with Crippen LogP contribution in [0.25, 0.3) is 28.0 Å². The van der Waals surface area contributed by atoms with Gasteiger partial charge in [0.1, 0.15) is 16.6 Å². The number of fused-ring (bicyclic) bond motifs is 1. The number of amides is 2. The molecule has 2 aliphatic heterocycles. The first-order valence-electron chi connectivity index (χ1n) is 14.0. The molecule has 0 aliphatic carbocycles. The fourth-order valence-corrected chi connectivity index (χ4v) is 5.34. The summed E-state index contributed by atoms with van der Waals surface area (Å²) in [6, 6.07) is 18.5. The van der Waals surface area contributed by atoms with Crippen molar-refractivity contribution in [2.75, 3.05) is 52.0 Å². The van der Waals surface area contributed by atoms with Crippen LogP contribution in [0.3, 0.4) is 0 Å². The molecule has 2 N–H and O–H groups in total. The molecule has 0 bridgehead atoms. The molecular formula is C32H38ClN7O2. The Morgan fingerprint density at radius 2 is 1.62 bits per heavy atom. The van der Waals surface area contributed by atoms with Crippen molar-refractivity contribution >= 4 is 41.3 Å². The van der Waals surface area contributed by atoms with Crippen LogP contribution < -0.4 is 5.73 Å². The molecule has 3 aromatic heterocycles. The van der Waals surface area contributed by atoms with E-state index in [0.717, 1.165) is 53.9 Å². The van der Waals surface area contributed by atoms with E-state index in [9.17, 15) is 9.59 Å². The van der Waals surface area contributed by atoms with Gasteiger partial charge in [-0.1, -0.05) is 29.8 Å². The third-order valence-corrected chi connectivity index (χ3v) is 7.60. The lowest BCUT2D eigenvalue weighted by Crippen LogP contribution is -2.44. The van der Waals surface area contributed by atoms with Crippen LogP contribution in [0.1, 0.15) is 24.8 Å². The van der Waals surface area contributed by atoms with Crippen molar-refractivity contribution < 1.29 is 9.59 Å². The van der Waals surface area contributed by atoms with Crippen molar-refractivity contribution in [1.82, 2.24) is 29.2 Å². The average Bonchev–Trinajstić information content (AvgIpc) is 3.61. The molecule has 1 aromatic carbocycles. The number of anilines is 1. The van der Waals surface area contributed by atoms with Crippen LogP contribution >= 0.6 is 11.6 Å². The van der Waals surface area contributed by atoms with E-state index >= 15 is 0 Å². The highest BCUT2D eigenvalue weighted by molar-refractivity contribution is 6.29. The van der Waals surface area contributed by atoms with Gasteiger partial charge in [0.05, 0.1) is 5.69 Å². The van der Waals surface area contributed by atoms with E-state index < -0.39 is 0 Å². The lowest BCUT2D eigenvalue weighted by atomic mass is 9.98. The topological polar surface area (TPSA) is 101 Å². The van der Waals surface area contributed by atoms with Crippen LogP contribution in [-0.4, -0.2) is 88.4 Å². The Bertz CT molecular complexity index is 1480. The number of nitrogen functional groups attached to an aromatic ring is 1. The third kappa shape index (κ3) is 7.35. The maximum Gasteiger partial charge on any atom is 0.209 e. The second kappa shape index (κ2) is 14.6. The fraction of sp³-hybridized carbons (Fsp3) is 0.312. The number of hydrogen-bond acceptors (Lipinski definition) is 6. The highest BCUT2D eigenvalue weighted by Crippen LogP contribution is 2.34. The molecule has 9 nitrogen and oxygen atoms in total. The molecule has 2 aliphatic rings. The quantitative estimate of drug-likeness (QED) is 0.203. The molecular weight excluding hydrogens is 550 g/mol. The Balaban J connectivity index is 0.000000261. The number of carbonyl (C=O) groups is 2. The largest absolute Gasteiger partial charge is 0.383 e. The highest BCUT2D eigenvalue weighted by Gasteiger charge is 2.22. The van der Waals surface area contributed by atoms with E-state index in [1.54, 1.807) is 22.1 Å². The van der Waals surface area contributed by atoms with Crippen molar-refractivity contribution in [3.05, 3.63) is 84.2 Å². The van der Waals surface area contributed by atoms with Gasteiger partial charge in [-0.3, -0.25) is 14.2 Å². The van der Waals surface area contributed by atoms with Gasteiger partial charge in [0.25, 0.3) is 0 Å². The summed E-state index contributed by atoms with van der Waals surface area (Å²) in [4.78, 5) is 34.9. The highest BCUT2D eigenvalue weighted by atomic mass is 35.5. The van der Waals surface area contributed by atoms with Crippen molar-refractivity contribution in [2.45, 2.75) is 19.3 Å². The van der Waals surface area contributed by atoms with Crippen molar-refractivity contribution in [1.29, 1.82) is 0 Å². The van der Waals surface area contributed by atoms with Gasteiger partial charge in [0, 0.05) is 55.6 Å². The molecule has 1 atom stereocenters. The molecule has 2 amide bonds. The van der Waals surface area contributed by atoms with Crippen LogP contribution in [-0.2, 0) is 9.59 Å². The molecule has 10 heteroatoms. The number of aromatic nitrogens is 3. The number of carbonyl (C=O) groups excluding carboxylic acids is 2. The zero-order chi connectivity index (χ0) is 30.1. The summed E-state index contributed by atoms with van der Waals surface area (Å²) in [5.41, 5.74) is 11.2. The van der Waals surface area contributed by atoms with Gasteiger partial charge in [-0.15, -0.1) is 6.58 Å². The maximum absolute atomic E-state index is 10.2. The van der Waals surface area contributed by atoms with E-state index in [1.165, 1.54) is 12.0 Å². The lowest BCUT2D eigenvalue weighted by Gasteiger charge is -2.29. The molecule has 6 rings (SSSR count). The predicted molar refractivity (Wildman–Crippen MR) is 170 cm³/mol. The van der Waals surface area contributed by atoms with E-state index in [-0.39, 0.29) is 0 Å². The van der Waals surface area contributed by atoms with E-state index in [4.69, 9.17) is 17.3 Å². The smallest absolute Gasteiger partial charge is 0.209 e. The first kappa shape index (κ1) is 30.7. The maximum atomic E-state index is 10.2. The second-order valence-corrected chi connectivity index (χ2v) is 10.8. The first-order valence-corrected chi connectivity index (χ1v) is 14.4.